The topological polar surface area (TPSA) is 59.9 Å². The van der Waals surface area contributed by atoms with Crippen molar-refractivity contribution >= 4 is 16.7 Å². The molecule has 3 rings (SSSR count). The van der Waals surface area contributed by atoms with Gasteiger partial charge in [-0.2, -0.15) is 0 Å². The molecule has 5 heteroatoms. The Bertz CT molecular complexity index is 759. The number of aromatic nitrogens is 3. The minimum Gasteiger partial charge on any atom is -0.497 e. The molecule has 106 valence electrons. The van der Waals surface area contributed by atoms with Gasteiger partial charge in [-0.05, 0) is 42.8 Å². The minimum absolute atomic E-state index is 0.686. The Labute approximate surface area is 123 Å². The number of nitrogens with one attached hydrogen (secondary N) is 1. The molecular weight excluding hydrogens is 264 g/mol. The van der Waals surface area contributed by atoms with Gasteiger partial charge in [0.1, 0.15) is 17.4 Å². The molecule has 0 unspecified atom stereocenters. The smallest absolute Gasteiger partial charge is 0.138 e. The third-order valence-electron chi connectivity index (χ3n) is 3.22. The number of ether oxygens (including phenoxy) is 1. The monoisotopic (exact) mass is 280 g/mol. The highest BCUT2D eigenvalue weighted by Gasteiger charge is 2.07. The van der Waals surface area contributed by atoms with Gasteiger partial charge in [0.15, 0.2) is 0 Å². The molecule has 0 bridgehead atoms. The van der Waals surface area contributed by atoms with Crippen LogP contribution in [0, 0.1) is 6.92 Å². The van der Waals surface area contributed by atoms with E-state index >= 15 is 0 Å². The van der Waals surface area contributed by atoms with Gasteiger partial charge in [-0.25, -0.2) is 9.97 Å². The predicted molar refractivity (Wildman–Crippen MR) is 82.4 cm³/mol. The molecule has 0 aliphatic carbocycles. The molecular formula is C16H16N4O. The van der Waals surface area contributed by atoms with Gasteiger partial charge in [-0.3, -0.25) is 4.98 Å². The Hall–Kier alpha value is -2.69. The van der Waals surface area contributed by atoms with E-state index in [2.05, 4.69) is 20.3 Å². The molecule has 0 aliphatic rings. The Balaban J connectivity index is 1.96. The van der Waals surface area contributed by atoms with Crippen molar-refractivity contribution in [1.82, 2.24) is 15.0 Å². The number of pyridine rings is 1. The third-order valence-corrected chi connectivity index (χ3v) is 3.22. The molecule has 5 nitrogen and oxygen atoms in total. The van der Waals surface area contributed by atoms with Gasteiger partial charge < -0.3 is 10.1 Å². The van der Waals surface area contributed by atoms with Crippen molar-refractivity contribution in [1.29, 1.82) is 0 Å². The predicted octanol–water partition coefficient (Wildman–Crippen LogP) is 2.95. The van der Waals surface area contributed by atoms with Crippen LogP contribution in [-0.4, -0.2) is 22.1 Å². The summed E-state index contributed by atoms with van der Waals surface area (Å²) in [5, 5.41) is 4.31. The quantitative estimate of drug-likeness (QED) is 0.796. The number of benzene rings is 1. The molecule has 0 radical (unpaired) electrons. The summed E-state index contributed by atoms with van der Waals surface area (Å²) in [5.74, 6) is 2.35. The summed E-state index contributed by atoms with van der Waals surface area (Å²) in [6, 6.07) is 9.75. The molecule has 0 fully saturated rings. The van der Waals surface area contributed by atoms with Crippen LogP contribution in [0.4, 0.5) is 5.82 Å². The van der Waals surface area contributed by atoms with Crippen molar-refractivity contribution in [2.75, 3.05) is 12.4 Å². The van der Waals surface area contributed by atoms with Crippen molar-refractivity contribution in [3.63, 3.8) is 0 Å². The summed E-state index contributed by atoms with van der Waals surface area (Å²) in [5.41, 5.74) is 2.05. The normalized spacial score (nSPS) is 10.6. The lowest BCUT2D eigenvalue weighted by atomic mass is 10.2. The van der Waals surface area contributed by atoms with Gasteiger partial charge in [0.05, 0.1) is 12.6 Å². The van der Waals surface area contributed by atoms with Crippen LogP contribution < -0.4 is 10.1 Å². The fourth-order valence-corrected chi connectivity index (χ4v) is 2.17. The maximum Gasteiger partial charge on any atom is 0.138 e. The van der Waals surface area contributed by atoms with E-state index in [-0.39, 0.29) is 0 Å². The number of aryl methyl sites for hydroxylation is 1. The summed E-state index contributed by atoms with van der Waals surface area (Å²) < 4.78 is 5.28. The third kappa shape index (κ3) is 2.91. The standard InChI is InChI=1S/C16H16N4O/c1-11-19-15-4-3-13(21-2)9-14(15)16(20-11)18-10-12-5-7-17-8-6-12/h3-9H,10H2,1-2H3,(H,18,19,20). The van der Waals surface area contributed by atoms with E-state index < -0.39 is 0 Å². The molecule has 2 heterocycles. The molecule has 0 saturated heterocycles. The second kappa shape index (κ2) is 5.75. The lowest BCUT2D eigenvalue weighted by Gasteiger charge is -2.10. The van der Waals surface area contributed by atoms with E-state index in [0.29, 0.717) is 6.54 Å². The van der Waals surface area contributed by atoms with Crippen molar-refractivity contribution < 1.29 is 4.74 Å². The van der Waals surface area contributed by atoms with Crippen LogP contribution in [0.25, 0.3) is 10.9 Å². The number of methoxy groups -OCH3 is 1. The lowest BCUT2D eigenvalue weighted by Crippen LogP contribution is -2.04. The van der Waals surface area contributed by atoms with E-state index in [9.17, 15) is 0 Å². The van der Waals surface area contributed by atoms with Crippen LogP contribution in [0.2, 0.25) is 0 Å². The summed E-state index contributed by atoms with van der Waals surface area (Å²) in [6.45, 7) is 2.58. The molecule has 0 atom stereocenters. The Morgan fingerprint density at radius 3 is 2.67 bits per heavy atom. The Morgan fingerprint density at radius 2 is 1.90 bits per heavy atom. The van der Waals surface area contributed by atoms with E-state index in [0.717, 1.165) is 33.9 Å². The zero-order valence-electron chi connectivity index (χ0n) is 12.0. The zero-order valence-corrected chi connectivity index (χ0v) is 12.0. The SMILES string of the molecule is COc1ccc2nc(C)nc(NCc3ccncc3)c2c1. The molecule has 0 amide bonds. The van der Waals surface area contributed by atoms with Crippen LogP contribution in [0.1, 0.15) is 11.4 Å². The molecule has 0 saturated carbocycles. The Kier molecular flexibility index (Phi) is 3.64. The maximum atomic E-state index is 5.28. The molecule has 0 spiro atoms. The fourth-order valence-electron chi connectivity index (χ4n) is 2.17. The van der Waals surface area contributed by atoms with Crippen LogP contribution >= 0.6 is 0 Å². The van der Waals surface area contributed by atoms with E-state index in [4.69, 9.17) is 4.74 Å². The van der Waals surface area contributed by atoms with Crippen LogP contribution in [0.3, 0.4) is 0 Å². The second-order valence-corrected chi connectivity index (χ2v) is 4.71. The first-order valence-electron chi connectivity index (χ1n) is 6.71. The fraction of sp³-hybridized carbons (Fsp3) is 0.188. The Morgan fingerprint density at radius 1 is 1.10 bits per heavy atom. The van der Waals surface area contributed by atoms with Gasteiger partial charge in [-0.15, -0.1) is 0 Å². The average Bonchev–Trinajstić information content (AvgIpc) is 2.53. The number of rotatable bonds is 4. The van der Waals surface area contributed by atoms with Crippen molar-refractivity contribution in [2.24, 2.45) is 0 Å². The largest absolute Gasteiger partial charge is 0.497 e. The van der Waals surface area contributed by atoms with Gasteiger partial charge in [0, 0.05) is 24.3 Å². The summed E-state index contributed by atoms with van der Waals surface area (Å²) in [7, 11) is 1.65. The van der Waals surface area contributed by atoms with Crippen LogP contribution in [0.5, 0.6) is 5.75 Å². The van der Waals surface area contributed by atoms with Gasteiger partial charge in [0.25, 0.3) is 0 Å². The van der Waals surface area contributed by atoms with Crippen molar-refractivity contribution in [3.05, 3.63) is 54.1 Å². The average molecular weight is 280 g/mol. The van der Waals surface area contributed by atoms with Crippen LogP contribution in [0.15, 0.2) is 42.7 Å². The molecule has 2 aromatic heterocycles. The molecule has 1 aromatic carbocycles. The minimum atomic E-state index is 0.686. The van der Waals surface area contributed by atoms with E-state index in [1.165, 1.54) is 0 Å². The first-order valence-corrected chi connectivity index (χ1v) is 6.71. The highest BCUT2D eigenvalue weighted by Crippen LogP contribution is 2.25. The number of hydrogen-bond acceptors (Lipinski definition) is 5. The zero-order chi connectivity index (χ0) is 14.7. The summed E-state index contributed by atoms with van der Waals surface area (Å²) in [6.07, 6.45) is 3.56. The lowest BCUT2D eigenvalue weighted by molar-refractivity contribution is 0.415. The number of hydrogen-bond donors (Lipinski definition) is 1. The number of fused-ring (bicyclic) bond motifs is 1. The first-order chi connectivity index (χ1) is 10.3. The second-order valence-electron chi connectivity index (χ2n) is 4.71. The highest BCUT2D eigenvalue weighted by molar-refractivity contribution is 5.90. The number of nitrogens with zero attached hydrogens (tertiary/aromatic N) is 3. The van der Waals surface area contributed by atoms with E-state index in [1.54, 1.807) is 19.5 Å². The summed E-state index contributed by atoms with van der Waals surface area (Å²) >= 11 is 0. The molecule has 3 aromatic rings. The van der Waals surface area contributed by atoms with Gasteiger partial charge in [0.2, 0.25) is 0 Å². The van der Waals surface area contributed by atoms with Crippen LogP contribution in [-0.2, 0) is 6.54 Å². The molecule has 21 heavy (non-hydrogen) atoms. The van der Waals surface area contributed by atoms with Crippen molar-refractivity contribution in [2.45, 2.75) is 13.5 Å². The number of anilines is 1. The van der Waals surface area contributed by atoms with Gasteiger partial charge in [-0.1, -0.05) is 0 Å². The molecule has 0 aliphatic heterocycles. The first kappa shape index (κ1) is 13.3. The highest BCUT2D eigenvalue weighted by atomic mass is 16.5. The summed E-state index contributed by atoms with van der Waals surface area (Å²) in [4.78, 5) is 13.0. The van der Waals surface area contributed by atoms with Crippen molar-refractivity contribution in [3.8, 4) is 5.75 Å². The maximum absolute atomic E-state index is 5.28. The van der Waals surface area contributed by atoms with E-state index in [1.807, 2.05) is 37.3 Å². The van der Waals surface area contributed by atoms with Gasteiger partial charge >= 0.3 is 0 Å². The molecule has 1 N–H and O–H groups in total.